The van der Waals surface area contributed by atoms with E-state index in [1.165, 1.54) is 12.1 Å². The molecule has 4 heterocycles. The Bertz CT molecular complexity index is 1180. The highest BCUT2D eigenvalue weighted by Gasteiger charge is 2.23. The average Bonchev–Trinajstić information content (AvgIpc) is 3.36. The maximum absolute atomic E-state index is 14.3. The summed E-state index contributed by atoms with van der Waals surface area (Å²) in [7, 11) is 0. The Morgan fingerprint density at radius 2 is 2.14 bits per heavy atom. The van der Waals surface area contributed by atoms with Gasteiger partial charge in [0.25, 0.3) is 0 Å². The minimum absolute atomic E-state index is 0.133. The van der Waals surface area contributed by atoms with Gasteiger partial charge in [0, 0.05) is 35.3 Å². The number of anilines is 1. The third-order valence-electron chi connectivity index (χ3n) is 5.20. The van der Waals surface area contributed by atoms with E-state index in [0.717, 1.165) is 10.9 Å². The molecule has 1 atom stereocenters. The highest BCUT2D eigenvalue weighted by atomic mass is 19.1. The molecule has 0 radical (unpaired) electrons. The zero-order valence-corrected chi connectivity index (χ0v) is 16.1. The Labute approximate surface area is 166 Å². The van der Waals surface area contributed by atoms with Crippen LogP contribution in [0.5, 0.6) is 0 Å². The minimum atomic E-state index is -0.322. The van der Waals surface area contributed by atoms with Crippen LogP contribution in [0.2, 0.25) is 0 Å². The molecule has 5 rings (SSSR count). The topological polar surface area (TPSA) is 84.8 Å². The first-order valence-electron chi connectivity index (χ1n) is 9.47. The van der Waals surface area contributed by atoms with Gasteiger partial charge in [0.05, 0.1) is 24.9 Å². The summed E-state index contributed by atoms with van der Waals surface area (Å²) in [6, 6.07) is 6.89. The van der Waals surface area contributed by atoms with Gasteiger partial charge in [0.2, 0.25) is 5.95 Å². The van der Waals surface area contributed by atoms with Crippen molar-refractivity contribution in [2.24, 2.45) is 0 Å². The Balaban J connectivity index is 1.73. The SMILES string of the molecule is Cc1nncn1-c1cc(-c2cc(F)cc3[nH]ccc23)nc(N2CCOCC2C)n1. The number of H-pyrrole nitrogens is 1. The summed E-state index contributed by atoms with van der Waals surface area (Å²) in [5, 5.41) is 8.93. The third-order valence-corrected chi connectivity index (χ3v) is 5.20. The lowest BCUT2D eigenvalue weighted by molar-refractivity contribution is 0.0981. The highest BCUT2D eigenvalue weighted by Crippen LogP contribution is 2.31. The van der Waals surface area contributed by atoms with Gasteiger partial charge in [-0.05, 0) is 32.0 Å². The maximum Gasteiger partial charge on any atom is 0.228 e. The smallest absolute Gasteiger partial charge is 0.228 e. The van der Waals surface area contributed by atoms with Crippen LogP contribution in [-0.2, 0) is 4.74 Å². The lowest BCUT2D eigenvalue weighted by Gasteiger charge is -2.33. The van der Waals surface area contributed by atoms with Gasteiger partial charge in [0.1, 0.15) is 23.8 Å². The largest absolute Gasteiger partial charge is 0.377 e. The van der Waals surface area contributed by atoms with Crippen LogP contribution in [-0.4, -0.2) is 55.5 Å². The molecule has 1 aromatic carbocycles. The number of nitrogens with zero attached hydrogens (tertiary/aromatic N) is 6. The normalized spacial score (nSPS) is 17.2. The van der Waals surface area contributed by atoms with Crippen LogP contribution >= 0.6 is 0 Å². The van der Waals surface area contributed by atoms with Crippen molar-refractivity contribution >= 4 is 16.9 Å². The van der Waals surface area contributed by atoms with Gasteiger partial charge >= 0.3 is 0 Å². The number of hydrogen-bond donors (Lipinski definition) is 1. The molecule has 0 aliphatic carbocycles. The van der Waals surface area contributed by atoms with Crippen LogP contribution in [0.15, 0.2) is 36.8 Å². The van der Waals surface area contributed by atoms with Crippen LogP contribution in [0.25, 0.3) is 28.0 Å². The molecule has 1 aliphatic heterocycles. The fraction of sp³-hybridized carbons (Fsp3) is 0.300. The van der Waals surface area contributed by atoms with Gasteiger partial charge in [-0.3, -0.25) is 4.57 Å². The van der Waals surface area contributed by atoms with Crippen molar-refractivity contribution in [1.82, 2.24) is 29.7 Å². The first kappa shape index (κ1) is 17.7. The van der Waals surface area contributed by atoms with E-state index in [9.17, 15) is 4.39 Å². The number of hydrogen-bond acceptors (Lipinski definition) is 6. The molecular formula is C20H20FN7O. The number of aryl methyl sites for hydroxylation is 1. The van der Waals surface area contributed by atoms with Gasteiger partial charge in [-0.2, -0.15) is 4.98 Å². The Morgan fingerprint density at radius 3 is 2.93 bits per heavy atom. The summed E-state index contributed by atoms with van der Waals surface area (Å²) in [5.41, 5.74) is 2.07. The molecule has 9 heteroatoms. The monoisotopic (exact) mass is 393 g/mol. The number of benzene rings is 1. The first-order valence-corrected chi connectivity index (χ1v) is 9.47. The molecular weight excluding hydrogens is 373 g/mol. The molecule has 8 nitrogen and oxygen atoms in total. The number of ether oxygens (including phenoxy) is 1. The number of fused-ring (bicyclic) bond motifs is 1. The predicted molar refractivity (Wildman–Crippen MR) is 107 cm³/mol. The summed E-state index contributed by atoms with van der Waals surface area (Å²) in [6.07, 6.45) is 3.41. The van der Waals surface area contributed by atoms with Crippen LogP contribution in [0, 0.1) is 12.7 Å². The Hall–Kier alpha value is -3.33. The zero-order chi connectivity index (χ0) is 20.0. The average molecular weight is 393 g/mol. The molecule has 0 bridgehead atoms. The molecule has 0 spiro atoms. The molecule has 1 unspecified atom stereocenters. The van der Waals surface area contributed by atoms with Crippen molar-refractivity contribution in [2.75, 3.05) is 24.7 Å². The van der Waals surface area contributed by atoms with Crippen molar-refractivity contribution in [3.05, 3.63) is 48.4 Å². The van der Waals surface area contributed by atoms with Crippen LogP contribution in [0.1, 0.15) is 12.7 Å². The maximum atomic E-state index is 14.3. The van der Waals surface area contributed by atoms with Crippen molar-refractivity contribution in [3.8, 4) is 17.1 Å². The predicted octanol–water partition coefficient (Wildman–Crippen LogP) is 2.88. The van der Waals surface area contributed by atoms with E-state index in [4.69, 9.17) is 14.7 Å². The van der Waals surface area contributed by atoms with Crippen LogP contribution < -0.4 is 4.90 Å². The summed E-state index contributed by atoms with van der Waals surface area (Å²) >= 11 is 0. The number of rotatable bonds is 3. The van der Waals surface area contributed by atoms with Crippen molar-refractivity contribution < 1.29 is 9.13 Å². The quantitative estimate of drug-likeness (QED) is 0.576. The number of nitrogens with one attached hydrogen (secondary N) is 1. The van der Waals surface area contributed by atoms with Gasteiger partial charge in [-0.25, -0.2) is 9.37 Å². The van der Waals surface area contributed by atoms with E-state index in [1.807, 2.05) is 19.1 Å². The molecule has 4 aromatic rings. The van der Waals surface area contributed by atoms with Crippen LogP contribution in [0.3, 0.4) is 0 Å². The second-order valence-electron chi connectivity index (χ2n) is 7.17. The van der Waals surface area contributed by atoms with E-state index < -0.39 is 0 Å². The van der Waals surface area contributed by atoms with E-state index in [1.54, 1.807) is 17.1 Å². The van der Waals surface area contributed by atoms with Gasteiger partial charge in [0.15, 0.2) is 0 Å². The lowest BCUT2D eigenvalue weighted by atomic mass is 10.1. The second-order valence-corrected chi connectivity index (χ2v) is 7.17. The fourth-order valence-corrected chi connectivity index (χ4v) is 3.70. The summed E-state index contributed by atoms with van der Waals surface area (Å²) in [4.78, 5) is 14.8. The molecule has 1 fully saturated rings. The van der Waals surface area contributed by atoms with Crippen LogP contribution in [0.4, 0.5) is 10.3 Å². The second kappa shape index (κ2) is 6.93. The van der Waals surface area contributed by atoms with E-state index in [0.29, 0.717) is 48.6 Å². The van der Waals surface area contributed by atoms with E-state index in [-0.39, 0.29) is 11.9 Å². The van der Waals surface area contributed by atoms with E-state index >= 15 is 0 Å². The van der Waals surface area contributed by atoms with Crippen molar-refractivity contribution in [2.45, 2.75) is 19.9 Å². The number of morpholine rings is 1. The molecule has 29 heavy (non-hydrogen) atoms. The molecule has 1 aliphatic rings. The Morgan fingerprint density at radius 1 is 1.24 bits per heavy atom. The number of aromatic amines is 1. The van der Waals surface area contributed by atoms with Crippen molar-refractivity contribution in [1.29, 1.82) is 0 Å². The lowest BCUT2D eigenvalue weighted by Crippen LogP contribution is -2.44. The number of halogens is 1. The first-order chi connectivity index (χ1) is 14.1. The van der Waals surface area contributed by atoms with Gasteiger partial charge < -0.3 is 14.6 Å². The standard InChI is InChI=1S/C20H20FN7O/c1-12-10-29-6-5-27(12)20-24-18(9-19(25-20)28-11-23-26-13(28)2)16-7-14(21)8-17-15(16)3-4-22-17/h3-4,7-9,11-12,22H,5-6,10H2,1-2H3. The van der Waals surface area contributed by atoms with E-state index in [2.05, 4.69) is 27.0 Å². The molecule has 1 N–H and O–H groups in total. The minimum Gasteiger partial charge on any atom is -0.377 e. The number of aromatic nitrogens is 6. The summed E-state index contributed by atoms with van der Waals surface area (Å²) in [5.74, 6) is 1.60. The van der Waals surface area contributed by atoms with Gasteiger partial charge in [-0.15, -0.1) is 10.2 Å². The third kappa shape index (κ3) is 3.13. The molecule has 148 valence electrons. The zero-order valence-electron chi connectivity index (χ0n) is 16.1. The fourth-order valence-electron chi connectivity index (χ4n) is 3.70. The molecule has 1 saturated heterocycles. The summed E-state index contributed by atoms with van der Waals surface area (Å²) in [6.45, 7) is 5.84. The molecule has 0 amide bonds. The summed E-state index contributed by atoms with van der Waals surface area (Å²) < 4.78 is 21.7. The highest BCUT2D eigenvalue weighted by molar-refractivity contribution is 5.94. The van der Waals surface area contributed by atoms with Crippen molar-refractivity contribution in [3.63, 3.8) is 0 Å². The van der Waals surface area contributed by atoms with Gasteiger partial charge in [-0.1, -0.05) is 0 Å². The Kier molecular flexibility index (Phi) is 4.24. The molecule has 3 aromatic heterocycles. The molecule has 0 saturated carbocycles.